The van der Waals surface area contributed by atoms with Crippen LogP contribution in [0.15, 0.2) is 12.4 Å². The summed E-state index contributed by atoms with van der Waals surface area (Å²) in [6.45, 7) is 0.207. The Hall–Kier alpha value is -0.780. The van der Waals surface area contributed by atoms with Crippen molar-refractivity contribution in [3.63, 3.8) is 0 Å². The lowest BCUT2D eigenvalue weighted by atomic mass is 10.1. The number of aliphatic hydroxyl groups is 2. The lowest BCUT2D eigenvalue weighted by Gasteiger charge is -2.33. The Morgan fingerprint density at radius 2 is 2.29 bits per heavy atom. The van der Waals surface area contributed by atoms with E-state index in [0.29, 0.717) is 0 Å². The van der Waals surface area contributed by atoms with Crippen molar-refractivity contribution in [2.24, 2.45) is 0 Å². The minimum Gasteiger partial charge on any atom is -0.390 e. The van der Waals surface area contributed by atoms with E-state index in [0.717, 1.165) is 4.57 Å². The van der Waals surface area contributed by atoms with Gasteiger partial charge in [0.05, 0.1) is 16.6 Å². The molecule has 2 heterocycles. The lowest BCUT2D eigenvalue weighted by Crippen LogP contribution is -2.48. The number of nitrogens with zero attached hydrogens (tertiary/aromatic N) is 3. The van der Waals surface area contributed by atoms with Crippen LogP contribution >= 0.6 is 22.6 Å². The van der Waals surface area contributed by atoms with E-state index >= 15 is 0 Å². The van der Waals surface area contributed by atoms with E-state index < -0.39 is 29.3 Å². The van der Waals surface area contributed by atoms with E-state index in [-0.39, 0.29) is 10.5 Å². The molecule has 0 aromatic carbocycles. The third-order valence-corrected chi connectivity index (χ3v) is 3.62. The molecule has 9 heteroatoms. The zero-order chi connectivity index (χ0) is 12.6. The fourth-order valence-corrected chi connectivity index (χ4v) is 2.29. The Morgan fingerprint density at radius 3 is 2.94 bits per heavy atom. The average molecular weight is 355 g/mol. The van der Waals surface area contributed by atoms with Crippen molar-refractivity contribution in [2.45, 2.75) is 22.4 Å². The second-order valence-electron chi connectivity index (χ2n) is 3.61. The van der Waals surface area contributed by atoms with Gasteiger partial charge in [0, 0.05) is 0 Å². The van der Waals surface area contributed by atoms with Crippen LogP contribution in [-0.4, -0.2) is 47.4 Å². The van der Waals surface area contributed by atoms with Crippen LogP contribution in [0.1, 0.15) is 6.23 Å². The van der Waals surface area contributed by atoms with Gasteiger partial charge in [-0.15, -0.1) is 0 Å². The fraction of sp³-hybridized carbons (Fsp3) is 0.625. The molecule has 0 radical (unpaired) electrons. The van der Waals surface area contributed by atoms with Gasteiger partial charge in [0.25, 0.3) is 0 Å². The molecule has 17 heavy (non-hydrogen) atoms. The minimum absolute atomic E-state index is 0.207. The molecule has 0 spiro atoms. The number of alkyl halides is 1. The Kier molecular flexibility index (Phi) is 3.61. The molecule has 2 rings (SSSR count). The third-order valence-electron chi connectivity index (χ3n) is 2.52. The highest BCUT2D eigenvalue weighted by atomic mass is 127. The van der Waals surface area contributed by atoms with Gasteiger partial charge in [0.1, 0.15) is 18.5 Å². The normalized spacial score (nSPS) is 33.6. The van der Waals surface area contributed by atoms with Crippen molar-refractivity contribution in [1.82, 2.24) is 9.55 Å². The first kappa shape index (κ1) is 12.7. The summed E-state index contributed by atoms with van der Waals surface area (Å²) in [4.78, 5) is 13.6. The number of aliphatic hydroxyl groups excluding tert-OH is 2. The van der Waals surface area contributed by atoms with Gasteiger partial charge in [-0.3, -0.25) is 0 Å². The van der Waals surface area contributed by atoms with Crippen LogP contribution in [0.2, 0.25) is 0 Å². The van der Waals surface area contributed by atoms with Crippen LogP contribution in [0.25, 0.3) is 0 Å². The third kappa shape index (κ3) is 2.27. The minimum atomic E-state index is -1.22. The molecule has 8 nitrogen and oxygen atoms in total. The van der Waals surface area contributed by atoms with Crippen molar-refractivity contribution in [1.29, 1.82) is 0 Å². The van der Waals surface area contributed by atoms with Gasteiger partial charge >= 0.3 is 5.95 Å². The van der Waals surface area contributed by atoms with E-state index in [9.17, 15) is 20.3 Å². The maximum atomic E-state index is 10.7. The van der Waals surface area contributed by atoms with E-state index in [1.165, 1.54) is 12.4 Å². The highest BCUT2D eigenvalue weighted by Crippen LogP contribution is 2.30. The number of rotatable bonds is 2. The van der Waals surface area contributed by atoms with Gasteiger partial charge in [-0.25, -0.2) is 0 Å². The summed E-state index contributed by atoms with van der Waals surface area (Å²) < 4.78 is 6.17. The predicted molar refractivity (Wildman–Crippen MR) is 63.7 cm³/mol. The molecule has 1 aliphatic rings. The SMILES string of the molecule is O=[N+]([O-])c1nccn1[C@@H]1OC[C@H](I)[C@@H](O)[C@H]1O. The first-order valence-electron chi connectivity index (χ1n) is 4.81. The number of hydrogen-bond acceptors (Lipinski definition) is 6. The summed E-state index contributed by atoms with van der Waals surface area (Å²) in [5.41, 5.74) is 0. The molecule has 1 fully saturated rings. The molecular weight excluding hydrogens is 345 g/mol. The molecule has 0 aliphatic carbocycles. The van der Waals surface area contributed by atoms with Gasteiger partial charge in [0.2, 0.25) is 6.23 Å². The van der Waals surface area contributed by atoms with E-state index in [4.69, 9.17) is 4.74 Å². The maximum absolute atomic E-state index is 10.7. The van der Waals surface area contributed by atoms with Crippen LogP contribution in [0.3, 0.4) is 0 Å². The first-order valence-corrected chi connectivity index (χ1v) is 6.06. The highest BCUT2D eigenvalue weighted by molar-refractivity contribution is 14.1. The number of aromatic nitrogens is 2. The number of nitro groups is 1. The van der Waals surface area contributed by atoms with E-state index in [2.05, 4.69) is 4.98 Å². The van der Waals surface area contributed by atoms with Crippen molar-refractivity contribution < 1.29 is 19.9 Å². The Morgan fingerprint density at radius 1 is 1.59 bits per heavy atom. The van der Waals surface area contributed by atoms with Gasteiger partial charge in [-0.2, -0.15) is 4.57 Å². The van der Waals surface area contributed by atoms with Crippen LogP contribution in [0.5, 0.6) is 0 Å². The molecule has 0 amide bonds. The largest absolute Gasteiger partial charge is 0.436 e. The Balaban J connectivity index is 2.28. The summed E-state index contributed by atoms with van der Waals surface area (Å²) >= 11 is 1.95. The Bertz CT molecular complexity index is 425. The van der Waals surface area contributed by atoms with Crippen molar-refractivity contribution in [2.75, 3.05) is 6.61 Å². The second kappa shape index (κ2) is 4.84. The average Bonchev–Trinajstić information content (AvgIpc) is 2.75. The molecule has 0 saturated carbocycles. The second-order valence-corrected chi connectivity index (χ2v) is 5.21. The number of hydrogen-bond donors (Lipinski definition) is 2. The van der Waals surface area contributed by atoms with Crippen LogP contribution in [0.4, 0.5) is 5.95 Å². The van der Waals surface area contributed by atoms with E-state index in [1.54, 1.807) is 0 Å². The molecule has 1 aromatic rings. The van der Waals surface area contributed by atoms with E-state index in [1.807, 2.05) is 22.6 Å². The Labute approximate surface area is 110 Å². The zero-order valence-corrected chi connectivity index (χ0v) is 10.7. The van der Waals surface area contributed by atoms with Crippen molar-refractivity contribution >= 4 is 28.5 Å². The summed E-state index contributed by atoms with van der Waals surface area (Å²) in [5.74, 6) is -0.423. The zero-order valence-electron chi connectivity index (χ0n) is 8.51. The van der Waals surface area contributed by atoms with Gasteiger partial charge in [0.15, 0.2) is 0 Å². The highest BCUT2D eigenvalue weighted by Gasteiger charge is 2.41. The van der Waals surface area contributed by atoms with Crippen molar-refractivity contribution in [3.8, 4) is 0 Å². The molecule has 1 saturated heterocycles. The standard InChI is InChI=1S/C8H10IN3O5/c9-4-3-17-7(6(14)5(4)13)11-2-1-10-8(11)12(15)16/h1-2,4-7,13-14H,3H2/t4-,5+,6+,7+/m0/s1. The molecule has 1 aromatic heterocycles. The topological polar surface area (TPSA) is 111 Å². The molecular formula is C8H10IN3O5. The van der Waals surface area contributed by atoms with Gasteiger partial charge in [-0.05, 0) is 4.92 Å². The first-order chi connectivity index (χ1) is 8.02. The summed E-state index contributed by atoms with van der Waals surface area (Å²) in [6, 6.07) is 0. The molecule has 4 atom stereocenters. The number of imidazole rings is 1. The lowest BCUT2D eigenvalue weighted by molar-refractivity contribution is -0.399. The van der Waals surface area contributed by atoms with Gasteiger partial charge < -0.3 is 25.1 Å². The molecule has 2 N–H and O–H groups in total. The molecule has 0 unspecified atom stereocenters. The maximum Gasteiger partial charge on any atom is 0.436 e. The fourth-order valence-electron chi connectivity index (χ4n) is 1.66. The van der Waals surface area contributed by atoms with Crippen molar-refractivity contribution in [3.05, 3.63) is 22.5 Å². The molecule has 0 bridgehead atoms. The quantitative estimate of drug-likeness (QED) is 0.330. The number of halogens is 1. The van der Waals surface area contributed by atoms with Crippen LogP contribution < -0.4 is 0 Å². The smallest absolute Gasteiger partial charge is 0.390 e. The summed E-state index contributed by atoms with van der Waals surface area (Å²) in [7, 11) is 0. The van der Waals surface area contributed by atoms with Gasteiger partial charge in [-0.1, -0.05) is 27.6 Å². The van der Waals surface area contributed by atoms with Crippen LogP contribution in [-0.2, 0) is 4.74 Å². The molecule has 94 valence electrons. The molecule has 1 aliphatic heterocycles. The summed E-state index contributed by atoms with van der Waals surface area (Å²) in [6.07, 6.45) is -0.614. The number of ether oxygens (including phenoxy) is 1. The summed E-state index contributed by atoms with van der Waals surface area (Å²) in [5, 5.41) is 30.2. The monoisotopic (exact) mass is 355 g/mol. The van der Waals surface area contributed by atoms with Crippen LogP contribution in [0, 0.1) is 10.1 Å². The predicted octanol–water partition coefficient (Wildman–Crippen LogP) is -0.155.